The van der Waals surface area contributed by atoms with E-state index >= 15 is 0 Å². The summed E-state index contributed by atoms with van der Waals surface area (Å²) in [6.07, 6.45) is 3.08. The van der Waals surface area contributed by atoms with E-state index in [2.05, 4.69) is 31.2 Å². The average molecular weight is 306 g/mol. The van der Waals surface area contributed by atoms with Gasteiger partial charge in [0.05, 0.1) is 11.9 Å². The standard InChI is InChI=1S/C13H12BrN3O/c1-9-6-15-8-12(17-9)13(18)16-7-10-2-4-11(14)5-3-10/h2-6,8H,7H2,1H3,(H,16,18). The molecule has 5 heteroatoms. The molecule has 18 heavy (non-hydrogen) atoms. The van der Waals surface area contributed by atoms with Crippen molar-refractivity contribution in [2.45, 2.75) is 13.5 Å². The zero-order valence-corrected chi connectivity index (χ0v) is 11.4. The lowest BCUT2D eigenvalue weighted by atomic mass is 10.2. The summed E-state index contributed by atoms with van der Waals surface area (Å²) in [5.74, 6) is -0.214. The number of amides is 1. The molecule has 0 unspecified atom stereocenters. The predicted molar refractivity (Wildman–Crippen MR) is 72.1 cm³/mol. The van der Waals surface area contributed by atoms with Crippen molar-refractivity contribution in [2.75, 3.05) is 0 Å². The Kier molecular flexibility index (Phi) is 4.04. The summed E-state index contributed by atoms with van der Waals surface area (Å²) in [5.41, 5.74) is 2.10. The number of carbonyl (C=O) groups excluding carboxylic acids is 1. The average Bonchev–Trinajstić information content (AvgIpc) is 2.38. The molecule has 0 fully saturated rings. The molecule has 2 aromatic rings. The predicted octanol–water partition coefficient (Wildman–Crippen LogP) is 2.48. The fourth-order valence-electron chi connectivity index (χ4n) is 1.45. The van der Waals surface area contributed by atoms with Crippen LogP contribution in [0.3, 0.4) is 0 Å². The maximum atomic E-state index is 11.8. The maximum absolute atomic E-state index is 11.8. The van der Waals surface area contributed by atoms with Gasteiger partial charge in [-0.3, -0.25) is 9.78 Å². The third kappa shape index (κ3) is 3.37. The van der Waals surface area contributed by atoms with Gasteiger partial charge in [0.1, 0.15) is 5.69 Å². The SMILES string of the molecule is Cc1cncc(C(=O)NCc2ccc(Br)cc2)n1. The maximum Gasteiger partial charge on any atom is 0.271 e. The molecule has 0 saturated heterocycles. The van der Waals surface area contributed by atoms with Gasteiger partial charge in [0.2, 0.25) is 0 Å². The first-order valence-corrected chi connectivity index (χ1v) is 6.26. The van der Waals surface area contributed by atoms with Crippen LogP contribution in [-0.2, 0) is 6.54 Å². The number of benzene rings is 1. The number of rotatable bonds is 3. The second-order valence-corrected chi connectivity index (χ2v) is 4.77. The van der Waals surface area contributed by atoms with Gasteiger partial charge in [-0.25, -0.2) is 4.98 Å². The highest BCUT2D eigenvalue weighted by atomic mass is 79.9. The van der Waals surface area contributed by atoms with Gasteiger partial charge >= 0.3 is 0 Å². The zero-order chi connectivity index (χ0) is 13.0. The van der Waals surface area contributed by atoms with Crippen molar-refractivity contribution >= 4 is 21.8 Å². The monoisotopic (exact) mass is 305 g/mol. The molecule has 0 aliphatic heterocycles. The van der Waals surface area contributed by atoms with Crippen LogP contribution in [0.2, 0.25) is 0 Å². The molecule has 0 atom stereocenters. The molecule has 1 N–H and O–H groups in total. The highest BCUT2D eigenvalue weighted by Gasteiger charge is 2.07. The summed E-state index contributed by atoms with van der Waals surface area (Å²) < 4.78 is 1.02. The van der Waals surface area contributed by atoms with Crippen LogP contribution in [0.4, 0.5) is 0 Å². The Labute approximate surface area is 114 Å². The van der Waals surface area contributed by atoms with E-state index < -0.39 is 0 Å². The normalized spacial score (nSPS) is 10.1. The number of hydrogen-bond donors (Lipinski definition) is 1. The molecule has 2 rings (SSSR count). The lowest BCUT2D eigenvalue weighted by Gasteiger charge is -2.05. The number of nitrogens with zero attached hydrogens (tertiary/aromatic N) is 2. The summed E-state index contributed by atoms with van der Waals surface area (Å²) >= 11 is 3.36. The number of hydrogen-bond acceptors (Lipinski definition) is 3. The summed E-state index contributed by atoms with van der Waals surface area (Å²) in [4.78, 5) is 19.9. The van der Waals surface area contributed by atoms with Crippen LogP contribution in [0.5, 0.6) is 0 Å². The van der Waals surface area contributed by atoms with Crippen molar-refractivity contribution < 1.29 is 4.79 Å². The third-order valence-corrected chi connectivity index (χ3v) is 2.88. The topological polar surface area (TPSA) is 54.9 Å². The van der Waals surface area contributed by atoms with Gasteiger partial charge in [0, 0.05) is 17.2 Å². The van der Waals surface area contributed by atoms with Crippen molar-refractivity contribution in [2.24, 2.45) is 0 Å². The van der Waals surface area contributed by atoms with E-state index in [4.69, 9.17) is 0 Å². The number of halogens is 1. The molecule has 0 bridgehead atoms. The number of aromatic nitrogens is 2. The molecule has 4 nitrogen and oxygen atoms in total. The summed E-state index contributed by atoms with van der Waals surface area (Å²) in [7, 11) is 0. The van der Waals surface area contributed by atoms with Gasteiger partial charge in [-0.1, -0.05) is 28.1 Å². The van der Waals surface area contributed by atoms with Crippen molar-refractivity contribution in [3.8, 4) is 0 Å². The van der Waals surface area contributed by atoms with Crippen LogP contribution in [0.1, 0.15) is 21.7 Å². The number of carbonyl (C=O) groups is 1. The van der Waals surface area contributed by atoms with Crippen LogP contribution >= 0.6 is 15.9 Å². The molecule has 0 saturated carbocycles. The van der Waals surface area contributed by atoms with Gasteiger partial charge in [-0.05, 0) is 24.6 Å². The van der Waals surface area contributed by atoms with Crippen molar-refractivity contribution in [1.29, 1.82) is 0 Å². The minimum absolute atomic E-state index is 0.214. The Hall–Kier alpha value is -1.75. The Morgan fingerprint density at radius 1 is 1.28 bits per heavy atom. The van der Waals surface area contributed by atoms with Crippen LogP contribution < -0.4 is 5.32 Å². The zero-order valence-electron chi connectivity index (χ0n) is 9.85. The summed E-state index contributed by atoms with van der Waals surface area (Å²) in [5, 5.41) is 2.81. The Bertz CT molecular complexity index is 554. The summed E-state index contributed by atoms with van der Waals surface area (Å²) in [6, 6.07) is 7.78. The van der Waals surface area contributed by atoms with E-state index in [1.54, 1.807) is 13.1 Å². The number of aryl methyl sites for hydroxylation is 1. The number of nitrogens with one attached hydrogen (secondary N) is 1. The minimum atomic E-state index is -0.214. The van der Waals surface area contributed by atoms with Crippen LogP contribution in [0, 0.1) is 6.92 Å². The smallest absolute Gasteiger partial charge is 0.271 e. The molecule has 0 aliphatic carbocycles. The fourth-order valence-corrected chi connectivity index (χ4v) is 1.71. The molecule has 1 amide bonds. The Morgan fingerprint density at radius 2 is 2.00 bits per heavy atom. The second-order valence-electron chi connectivity index (χ2n) is 3.85. The van der Waals surface area contributed by atoms with Gasteiger partial charge in [0.25, 0.3) is 5.91 Å². The molecule has 1 heterocycles. The van der Waals surface area contributed by atoms with E-state index in [1.165, 1.54) is 6.20 Å². The van der Waals surface area contributed by atoms with Crippen molar-refractivity contribution in [3.63, 3.8) is 0 Å². The first-order chi connectivity index (χ1) is 8.65. The van der Waals surface area contributed by atoms with E-state index in [1.807, 2.05) is 24.3 Å². The Morgan fingerprint density at radius 3 is 2.67 bits per heavy atom. The first-order valence-electron chi connectivity index (χ1n) is 5.46. The second kappa shape index (κ2) is 5.73. The molecule has 0 spiro atoms. The van der Waals surface area contributed by atoms with Crippen LogP contribution in [-0.4, -0.2) is 15.9 Å². The largest absolute Gasteiger partial charge is 0.347 e. The van der Waals surface area contributed by atoms with Crippen LogP contribution in [0.15, 0.2) is 41.1 Å². The molecule has 1 aromatic carbocycles. The molecule has 92 valence electrons. The quantitative estimate of drug-likeness (QED) is 0.948. The van der Waals surface area contributed by atoms with Crippen LogP contribution in [0.25, 0.3) is 0 Å². The molecular formula is C13H12BrN3O. The third-order valence-electron chi connectivity index (χ3n) is 2.35. The van der Waals surface area contributed by atoms with E-state index in [0.717, 1.165) is 15.7 Å². The summed E-state index contributed by atoms with van der Waals surface area (Å²) in [6.45, 7) is 2.28. The van der Waals surface area contributed by atoms with Gasteiger partial charge in [-0.2, -0.15) is 0 Å². The van der Waals surface area contributed by atoms with Gasteiger partial charge in [0.15, 0.2) is 0 Å². The highest BCUT2D eigenvalue weighted by Crippen LogP contribution is 2.10. The van der Waals surface area contributed by atoms with Crippen molar-refractivity contribution in [1.82, 2.24) is 15.3 Å². The van der Waals surface area contributed by atoms with E-state index in [-0.39, 0.29) is 5.91 Å². The molecule has 0 radical (unpaired) electrons. The van der Waals surface area contributed by atoms with Crippen molar-refractivity contribution in [3.05, 3.63) is 58.1 Å². The minimum Gasteiger partial charge on any atom is -0.347 e. The molecule has 0 aliphatic rings. The highest BCUT2D eigenvalue weighted by molar-refractivity contribution is 9.10. The van der Waals surface area contributed by atoms with E-state index in [9.17, 15) is 4.79 Å². The molecule has 1 aromatic heterocycles. The van der Waals surface area contributed by atoms with Gasteiger partial charge in [-0.15, -0.1) is 0 Å². The fraction of sp³-hybridized carbons (Fsp3) is 0.154. The first kappa shape index (κ1) is 12.7. The lowest BCUT2D eigenvalue weighted by molar-refractivity contribution is 0.0945. The van der Waals surface area contributed by atoms with E-state index in [0.29, 0.717) is 12.2 Å². The van der Waals surface area contributed by atoms with Gasteiger partial charge < -0.3 is 5.32 Å². The lowest BCUT2D eigenvalue weighted by Crippen LogP contribution is -2.24. The molecular weight excluding hydrogens is 294 g/mol. The Balaban J connectivity index is 1.98.